The SMILES string of the molecule is Nc1ccc(C(=O)NCCC(F)(F)F)cc1Cl. The van der Waals surface area contributed by atoms with Crippen LogP contribution in [0.1, 0.15) is 16.8 Å². The summed E-state index contributed by atoms with van der Waals surface area (Å²) in [7, 11) is 0. The van der Waals surface area contributed by atoms with Crippen LogP contribution in [0, 0.1) is 0 Å². The zero-order valence-electron chi connectivity index (χ0n) is 8.64. The number of rotatable bonds is 3. The van der Waals surface area contributed by atoms with Crippen LogP contribution in [0.5, 0.6) is 0 Å². The van der Waals surface area contributed by atoms with E-state index < -0.39 is 25.0 Å². The Morgan fingerprint density at radius 1 is 1.41 bits per heavy atom. The minimum absolute atomic E-state index is 0.173. The Labute approximate surface area is 101 Å². The highest BCUT2D eigenvalue weighted by molar-refractivity contribution is 6.33. The number of halogens is 4. The normalized spacial score (nSPS) is 11.3. The van der Waals surface area contributed by atoms with Crippen LogP contribution in [0.3, 0.4) is 0 Å². The summed E-state index contributed by atoms with van der Waals surface area (Å²) in [6.07, 6.45) is -5.35. The molecule has 0 aliphatic carbocycles. The summed E-state index contributed by atoms with van der Waals surface area (Å²) in [5.74, 6) is -0.615. The van der Waals surface area contributed by atoms with E-state index in [2.05, 4.69) is 5.32 Å². The number of benzene rings is 1. The third kappa shape index (κ3) is 4.52. The van der Waals surface area contributed by atoms with Gasteiger partial charge in [0.25, 0.3) is 5.91 Å². The molecule has 3 N–H and O–H groups in total. The first-order valence-corrected chi connectivity index (χ1v) is 5.07. The van der Waals surface area contributed by atoms with E-state index in [1.165, 1.54) is 18.2 Å². The highest BCUT2D eigenvalue weighted by Gasteiger charge is 2.26. The molecule has 1 amide bonds. The van der Waals surface area contributed by atoms with Gasteiger partial charge in [-0.25, -0.2) is 0 Å². The summed E-state index contributed by atoms with van der Waals surface area (Å²) < 4.78 is 35.5. The Hall–Kier alpha value is -1.43. The van der Waals surface area contributed by atoms with Gasteiger partial charge in [0.05, 0.1) is 17.1 Å². The van der Waals surface area contributed by atoms with Crippen molar-refractivity contribution in [1.82, 2.24) is 5.32 Å². The molecule has 0 aliphatic heterocycles. The molecule has 0 radical (unpaired) electrons. The first kappa shape index (κ1) is 13.6. The molecule has 17 heavy (non-hydrogen) atoms. The summed E-state index contributed by atoms with van der Waals surface area (Å²) in [5, 5.41) is 2.33. The third-order valence-electron chi connectivity index (χ3n) is 1.96. The van der Waals surface area contributed by atoms with E-state index in [9.17, 15) is 18.0 Å². The Kier molecular flexibility index (Phi) is 4.22. The van der Waals surface area contributed by atoms with Gasteiger partial charge in [0.15, 0.2) is 0 Å². The summed E-state index contributed by atoms with van der Waals surface area (Å²) in [5.41, 5.74) is 5.91. The molecule has 0 aliphatic rings. The molecule has 0 heterocycles. The van der Waals surface area contributed by atoms with Crippen molar-refractivity contribution >= 4 is 23.2 Å². The molecule has 3 nitrogen and oxygen atoms in total. The zero-order chi connectivity index (χ0) is 13.1. The Bertz CT molecular complexity index is 421. The summed E-state index contributed by atoms with van der Waals surface area (Å²) in [6.45, 7) is -0.468. The standard InChI is InChI=1S/C10H10ClF3N2O/c11-7-5-6(1-2-8(7)15)9(17)16-4-3-10(12,13)14/h1-2,5H,3-4,15H2,(H,16,17). The van der Waals surface area contributed by atoms with Crippen LogP contribution in [0.2, 0.25) is 5.02 Å². The van der Waals surface area contributed by atoms with Crippen molar-refractivity contribution in [3.05, 3.63) is 28.8 Å². The number of anilines is 1. The summed E-state index contributed by atoms with van der Waals surface area (Å²) in [6, 6.07) is 4.12. The van der Waals surface area contributed by atoms with Crippen LogP contribution in [-0.4, -0.2) is 18.6 Å². The molecule has 0 saturated heterocycles. The predicted molar refractivity (Wildman–Crippen MR) is 58.9 cm³/mol. The average molecular weight is 267 g/mol. The van der Waals surface area contributed by atoms with Crippen molar-refractivity contribution < 1.29 is 18.0 Å². The lowest BCUT2D eigenvalue weighted by Gasteiger charge is -2.08. The van der Waals surface area contributed by atoms with Crippen LogP contribution < -0.4 is 11.1 Å². The van der Waals surface area contributed by atoms with Crippen molar-refractivity contribution in [2.24, 2.45) is 0 Å². The minimum atomic E-state index is -4.29. The second-order valence-corrected chi connectivity index (χ2v) is 3.76. The van der Waals surface area contributed by atoms with Gasteiger partial charge in [-0.05, 0) is 18.2 Å². The van der Waals surface area contributed by atoms with Gasteiger partial charge < -0.3 is 11.1 Å². The van der Waals surface area contributed by atoms with E-state index in [4.69, 9.17) is 17.3 Å². The van der Waals surface area contributed by atoms with Crippen LogP contribution in [-0.2, 0) is 0 Å². The smallest absolute Gasteiger partial charge is 0.390 e. The maximum absolute atomic E-state index is 11.8. The molecule has 0 fully saturated rings. The van der Waals surface area contributed by atoms with Gasteiger partial charge in [-0.2, -0.15) is 13.2 Å². The number of carbonyl (C=O) groups is 1. The molecule has 94 valence electrons. The van der Waals surface area contributed by atoms with E-state index in [1.54, 1.807) is 0 Å². The van der Waals surface area contributed by atoms with Gasteiger partial charge in [0, 0.05) is 12.1 Å². The fourth-order valence-electron chi connectivity index (χ4n) is 1.09. The molecule has 1 aromatic rings. The minimum Gasteiger partial charge on any atom is -0.398 e. The first-order valence-electron chi connectivity index (χ1n) is 4.69. The van der Waals surface area contributed by atoms with Crippen LogP contribution in [0.15, 0.2) is 18.2 Å². The van der Waals surface area contributed by atoms with E-state index >= 15 is 0 Å². The van der Waals surface area contributed by atoms with Gasteiger partial charge in [0.2, 0.25) is 0 Å². The monoisotopic (exact) mass is 266 g/mol. The second-order valence-electron chi connectivity index (χ2n) is 3.36. The second kappa shape index (κ2) is 5.27. The molecule has 0 bridgehead atoms. The van der Waals surface area contributed by atoms with Crippen molar-refractivity contribution in [3.8, 4) is 0 Å². The fraction of sp³-hybridized carbons (Fsp3) is 0.300. The Morgan fingerprint density at radius 3 is 2.59 bits per heavy atom. The Balaban J connectivity index is 2.56. The lowest BCUT2D eigenvalue weighted by Crippen LogP contribution is -2.27. The molecular weight excluding hydrogens is 257 g/mol. The first-order chi connectivity index (χ1) is 7.79. The topological polar surface area (TPSA) is 55.1 Å². The molecule has 0 unspecified atom stereocenters. The van der Waals surface area contributed by atoms with E-state index in [-0.39, 0.29) is 10.6 Å². The van der Waals surface area contributed by atoms with Crippen molar-refractivity contribution in [2.45, 2.75) is 12.6 Å². The van der Waals surface area contributed by atoms with Gasteiger partial charge in [-0.15, -0.1) is 0 Å². The molecule has 1 aromatic carbocycles. The molecule has 0 spiro atoms. The van der Waals surface area contributed by atoms with Crippen LogP contribution in [0.25, 0.3) is 0 Å². The number of hydrogen-bond donors (Lipinski definition) is 2. The van der Waals surface area contributed by atoms with Gasteiger partial charge >= 0.3 is 6.18 Å². The number of hydrogen-bond acceptors (Lipinski definition) is 2. The molecule has 0 atom stereocenters. The number of amides is 1. The fourth-order valence-corrected chi connectivity index (χ4v) is 1.27. The lowest BCUT2D eigenvalue weighted by molar-refractivity contribution is -0.132. The molecule has 1 rings (SSSR count). The summed E-state index contributed by atoms with van der Waals surface area (Å²) in [4.78, 5) is 11.4. The van der Waals surface area contributed by atoms with Gasteiger partial charge in [0.1, 0.15) is 0 Å². The van der Waals surface area contributed by atoms with E-state index in [0.29, 0.717) is 5.69 Å². The maximum Gasteiger partial charge on any atom is 0.390 e. The highest BCUT2D eigenvalue weighted by Crippen LogP contribution is 2.20. The number of nitrogens with one attached hydrogen (secondary N) is 1. The predicted octanol–water partition coefficient (Wildman–Crippen LogP) is 2.60. The number of nitrogen functional groups attached to an aromatic ring is 1. The molecule has 7 heteroatoms. The average Bonchev–Trinajstić information content (AvgIpc) is 2.20. The van der Waals surface area contributed by atoms with Gasteiger partial charge in [-0.3, -0.25) is 4.79 Å². The van der Waals surface area contributed by atoms with Crippen molar-refractivity contribution in [1.29, 1.82) is 0 Å². The van der Waals surface area contributed by atoms with E-state index in [1.807, 2.05) is 0 Å². The zero-order valence-corrected chi connectivity index (χ0v) is 9.40. The Morgan fingerprint density at radius 2 is 2.06 bits per heavy atom. The molecule has 0 aromatic heterocycles. The van der Waals surface area contributed by atoms with Crippen LogP contribution >= 0.6 is 11.6 Å². The largest absolute Gasteiger partial charge is 0.398 e. The maximum atomic E-state index is 11.8. The summed E-state index contributed by atoms with van der Waals surface area (Å²) >= 11 is 5.68. The third-order valence-corrected chi connectivity index (χ3v) is 2.28. The number of nitrogens with two attached hydrogens (primary N) is 1. The van der Waals surface area contributed by atoms with Crippen LogP contribution in [0.4, 0.5) is 18.9 Å². The van der Waals surface area contributed by atoms with E-state index in [0.717, 1.165) is 0 Å². The van der Waals surface area contributed by atoms with Gasteiger partial charge in [-0.1, -0.05) is 11.6 Å². The molecule has 0 saturated carbocycles. The lowest BCUT2D eigenvalue weighted by atomic mass is 10.2. The quantitative estimate of drug-likeness (QED) is 0.826. The number of alkyl halides is 3. The highest BCUT2D eigenvalue weighted by atomic mass is 35.5. The van der Waals surface area contributed by atoms with Crippen molar-refractivity contribution in [2.75, 3.05) is 12.3 Å². The molecular formula is C10H10ClF3N2O. The number of carbonyl (C=O) groups excluding carboxylic acids is 1. The van der Waals surface area contributed by atoms with Crippen molar-refractivity contribution in [3.63, 3.8) is 0 Å².